The molecule has 144 valence electrons. The summed E-state index contributed by atoms with van der Waals surface area (Å²) in [6, 6.07) is 0. The second-order valence-electron chi connectivity index (χ2n) is 7.11. The zero-order valence-corrected chi connectivity index (χ0v) is 15.9. The van der Waals surface area contributed by atoms with Gasteiger partial charge in [-0.1, -0.05) is 5.16 Å². The summed E-state index contributed by atoms with van der Waals surface area (Å²) in [7, 11) is 0. The number of rotatable bonds is 4. The van der Waals surface area contributed by atoms with E-state index in [1.807, 2.05) is 24.9 Å². The fourth-order valence-electron chi connectivity index (χ4n) is 3.67. The van der Waals surface area contributed by atoms with Crippen molar-refractivity contribution in [2.75, 3.05) is 37.7 Å². The highest BCUT2D eigenvalue weighted by Gasteiger charge is 2.24. The van der Waals surface area contributed by atoms with Crippen LogP contribution in [0.25, 0.3) is 0 Å². The fraction of sp³-hybridized carbons (Fsp3) is 0.579. The normalized spacial score (nSPS) is 17.1. The number of ether oxygens (including phenoxy) is 1. The highest BCUT2D eigenvalue weighted by molar-refractivity contribution is 5.76. The smallest absolute Gasteiger partial charge is 0.225 e. The van der Waals surface area contributed by atoms with Crippen molar-refractivity contribution in [1.29, 1.82) is 0 Å². The molecule has 0 spiro atoms. The molecule has 2 aromatic rings. The molecule has 27 heavy (non-hydrogen) atoms. The number of amides is 1. The van der Waals surface area contributed by atoms with Gasteiger partial charge in [-0.05, 0) is 32.3 Å². The summed E-state index contributed by atoms with van der Waals surface area (Å²) in [5, 5.41) is 3.96. The average Bonchev–Trinajstić information content (AvgIpc) is 3.03. The third-order valence-electron chi connectivity index (χ3n) is 5.35. The number of carbonyl (C=O) groups excluding carboxylic acids is 1. The Morgan fingerprint density at radius 2 is 2.04 bits per heavy atom. The minimum absolute atomic E-state index is 0.146. The van der Waals surface area contributed by atoms with Crippen molar-refractivity contribution in [2.45, 2.75) is 39.7 Å². The van der Waals surface area contributed by atoms with E-state index in [2.05, 4.69) is 15.0 Å². The van der Waals surface area contributed by atoms with Crippen LogP contribution in [0.2, 0.25) is 0 Å². The zero-order valence-electron chi connectivity index (χ0n) is 15.9. The Kier molecular flexibility index (Phi) is 5.07. The molecule has 0 radical (unpaired) electrons. The van der Waals surface area contributed by atoms with Gasteiger partial charge < -0.3 is 19.1 Å². The quantitative estimate of drug-likeness (QED) is 0.804. The molecule has 8 nitrogen and oxygen atoms in total. The Labute approximate surface area is 158 Å². The van der Waals surface area contributed by atoms with Gasteiger partial charge in [-0.2, -0.15) is 0 Å². The molecule has 0 bridgehead atoms. The zero-order chi connectivity index (χ0) is 18.8. The van der Waals surface area contributed by atoms with Gasteiger partial charge >= 0.3 is 0 Å². The van der Waals surface area contributed by atoms with Gasteiger partial charge in [0.1, 0.15) is 5.76 Å². The minimum Gasteiger partial charge on any atom is -0.378 e. The SMILES string of the molecule is Cc1noc(C)c1CCC(=O)N1CCc2cnc(N3CCOCC3)nc2C1. The Bertz CT molecular complexity index is 809. The summed E-state index contributed by atoms with van der Waals surface area (Å²) in [4.78, 5) is 26.0. The van der Waals surface area contributed by atoms with E-state index in [1.54, 1.807) is 0 Å². The maximum Gasteiger partial charge on any atom is 0.225 e. The molecule has 2 aromatic heterocycles. The number of anilines is 1. The molecule has 0 aliphatic carbocycles. The van der Waals surface area contributed by atoms with E-state index < -0.39 is 0 Å². The summed E-state index contributed by atoms with van der Waals surface area (Å²) in [6.07, 6.45) is 3.83. The standard InChI is InChI=1S/C19H25N5O3/c1-13-16(14(2)27-22-13)3-4-18(25)24-6-5-15-11-20-19(21-17(15)12-24)23-7-9-26-10-8-23/h11H,3-10,12H2,1-2H3. The Hall–Kier alpha value is -2.48. The summed E-state index contributed by atoms with van der Waals surface area (Å²) < 4.78 is 10.6. The van der Waals surface area contributed by atoms with Crippen LogP contribution in [0.1, 0.15) is 34.7 Å². The lowest BCUT2D eigenvalue weighted by Gasteiger charge is -2.30. The molecular formula is C19H25N5O3. The third-order valence-corrected chi connectivity index (χ3v) is 5.35. The number of nitrogens with zero attached hydrogens (tertiary/aromatic N) is 5. The van der Waals surface area contributed by atoms with Crippen LogP contribution in [-0.2, 0) is 28.9 Å². The monoisotopic (exact) mass is 371 g/mol. The van der Waals surface area contributed by atoms with E-state index in [0.29, 0.717) is 39.1 Å². The first kappa shape index (κ1) is 17.9. The van der Waals surface area contributed by atoms with Gasteiger partial charge in [-0.3, -0.25) is 4.79 Å². The van der Waals surface area contributed by atoms with Gasteiger partial charge in [0, 0.05) is 37.8 Å². The van der Waals surface area contributed by atoms with Crippen LogP contribution in [0.15, 0.2) is 10.7 Å². The summed E-state index contributed by atoms with van der Waals surface area (Å²) in [5.41, 5.74) is 4.01. The number of hydrogen-bond acceptors (Lipinski definition) is 7. The predicted molar refractivity (Wildman–Crippen MR) is 98.5 cm³/mol. The molecule has 4 rings (SSSR count). The Balaban J connectivity index is 1.41. The first-order chi connectivity index (χ1) is 13.1. The van der Waals surface area contributed by atoms with Gasteiger partial charge in [0.15, 0.2) is 0 Å². The lowest BCUT2D eigenvalue weighted by molar-refractivity contribution is -0.132. The van der Waals surface area contributed by atoms with Crippen LogP contribution in [0, 0.1) is 13.8 Å². The van der Waals surface area contributed by atoms with Crippen LogP contribution >= 0.6 is 0 Å². The molecule has 1 saturated heterocycles. The Morgan fingerprint density at radius 3 is 2.78 bits per heavy atom. The van der Waals surface area contributed by atoms with Crippen molar-refractivity contribution in [3.05, 3.63) is 34.5 Å². The lowest BCUT2D eigenvalue weighted by Crippen LogP contribution is -2.39. The summed E-state index contributed by atoms with van der Waals surface area (Å²) in [6.45, 7) is 8.08. The molecule has 2 aliphatic heterocycles. The van der Waals surface area contributed by atoms with Crippen LogP contribution in [-0.4, -0.2) is 58.8 Å². The Morgan fingerprint density at radius 1 is 1.22 bits per heavy atom. The second kappa shape index (κ2) is 7.64. The van der Waals surface area contributed by atoms with Crippen molar-refractivity contribution in [1.82, 2.24) is 20.0 Å². The molecule has 0 atom stereocenters. The van der Waals surface area contributed by atoms with Gasteiger partial charge in [-0.15, -0.1) is 0 Å². The lowest BCUT2D eigenvalue weighted by atomic mass is 10.0. The predicted octanol–water partition coefficient (Wildman–Crippen LogP) is 1.44. The molecule has 1 amide bonds. The number of aryl methyl sites for hydroxylation is 2. The largest absolute Gasteiger partial charge is 0.378 e. The first-order valence-corrected chi connectivity index (χ1v) is 9.49. The van der Waals surface area contributed by atoms with Crippen LogP contribution < -0.4 is 4.90 Å². The van der Waals surface area contributed by atoms with Crippen LogP contribution in [0.3, 0.4) is 0 Å². The molecule has 0 saturated carbocycles. The molecule has 4 heterocycles. The molecule has 0 aromatic carbocycles. The van der Waals surface area contributed by atoms with Crippen molar-refractivity contribution in [3.63, 3.8) is 0 Å². The van der Waals surface area contributed by atoms with Gasteiger partial charge in [-0.25, -0.2) is 9.97 Å². The fourth-order valence-corrected chi connectivity index (χ4v) is 3.67. The topological polar surface area (TPSA) is 84.6 Å². The first-order valence-electron chi connectivity index (χ1n) is 9.49. The number of morpholine rings is 1. The minimum atomic E-state index is 0.146. The van der Waals surface area contributed by atoms with E-state index in [9.17, 15) is 4.79 Å². The van der Waals surface area contributed by atoms with Gasteiger partial charge in [0.25, 0.3) is 0 Å². The van der Waals surface area contributed by atoms with E-state index in [1.165, 1.54) is 0 Å². The second-order valence-corrected chi connectivity index (χ2v) is 7.11. The highest BCUT2D eigenvalue weighted by Crippen LogP contribution is 2.21. The maximum atomic E-state index is 12.7. The third kappa shape index (κ3) is 3.80. The number of hydrogen-bond donors (Lipinski definition) is 0. The number of fused-ring (bicyclic) bond motifs is 1. The summed E-state index contributed by atoms with van der Waals surface area (Å²) >= 11 is 0. The molecular weight excluding hydrogens is 346 g/mol. The maximum absolute atomic E-state index is 12.7. The van der Waals surface area contributed by atoms with Gasteiger partial charge in [0.05, 0.1) is 31.1 Å². The van der Waals surface area contributed by atoms with Crippen LogP contribution in [0.4, 0.5) is 5.95 Å². The van der Waals surface area contributed by atoms with Crippen molar-refractivity contribution in [3.8, 4) is 0 Å². The summed E-state index contributed by atoms with van der Waals surface area (Å²) in [5.74, 6) is 1.68. The van der Waals surface area contributed by atoms with Crippen molar-refractivity contribution >= 4 is 11.9 Å². The van der Waals surface area contributed by atoms with E-state index in [0.717, 1.165) is 53.7 Å². The number of aromatic nitrogens is 3. The molecule has 1 fully saturated rings. The molecule has 0 N–H and O–H groups in total. The van der Waals surface area contributed by atoms with E-state index in [-0.39, 0.29) is 5.91 Å². The van der Waals surface area contributed by atoms with Gasteiger partial charge in [0.2, 0.25) is 11.9 Å². The molecule has 2 aliphatic rings. The van der Waals surface area contributed by atoms with E-state index in [4.69, 9.17) is 14.2 Å². The number of carbonyl (C=O) groups is 1. The molecule has 0 unspecified atom stereocenters. The van der Waals surface area contributed by atoms with Crippen molar-refractivity contribution < 1.29 is 14.1 Å². The van der Waals surface area contributed by atoms with Crippen LogP contribution in [0.5, 0.6) is 0 Å². The highest BCUT2D eigenvalue weighted by atomic mass is 16.5. The van der Waals surface area contributed by atoms with E-state index >= 15 is 0 Å². The van der Waals surface area contributed by atoms with Crippen molar-refractivity contribution in [2.24, 2.45) is 0 Å². The molecule has 8 heteroatoms. The average molecular weight is 371 g/mol.